The van der Waals surface area contributed by atoms with Gasteiger partial charge in [0.05, 0.1) is 17.6 Å². The number of hydrogen-bond acceptors (Lipinski definition) is 6. The minimum atomic E-state index is -0.604. The van der Waals surface area contributed by atoms with E-state index in [1.54, 1.807) is 24.3 Å². The van der Waals surface area contributed by atoms with Crippen molar-refractivity contribution in [1.29, 1.82) is 0 Å². The van der Waals surface area contributed by atoms with Crippen molar-refractivity contribution in [2.45, 2.75) is 0 Å². The van der Waals surface area contributed by atoms with E-state index in [1.807, 2.05) is 0 Å². The second kappa shape index (κ2) is 8.16. The Balaban J connectivity index is 2.00. The van der Waals surface area contributed by atoms with Crippen molar-refractivity contribution in [1.82, 2.24) is 0 Å². The van der Waals surface area contributed by atoms with Crippen molar-refractivity contribution in [3.8, 4) is 11.5 Å². The summed E-state index contributed by atoms with van der Waals surface area (Å²) in [5.41, 5.74) is -0.0779. The van der Waals surface area contributed by atoms with E-state index in [1.165, 1.54) is 25.3 Å². The van der Waals surface area contributed by atoms with E-state index >= 15 is 0 Å². The largest absolute Gasteiger partial charge is 0.490 e. The number of nitrogens with zero attached hydrogens (tertiary/aromatic N) is 1. The molecule has 0 unspecified atom stereocenters. The summed E-state index contributed by atoms with van der Waals surface area (Å²) in [6, 6.07) is 10.5. The third-order valence-electron chi connectivity index (χ3n) is 3.00. The number of nitro groups is 1. The Hall–Kier alpha value is -2.80. The maximum absolute atomic E-state index is 11.5. The van der Waals surface area contributed by atoms with Gasteiger partial charge in [0, 0.05) is 17.2 Å². The Morgan fingerprint density at radius 1 is 1.12 bits per heavy atom. The van der Waals surface area contributed by atoms with Gasteiger partial charge < -0.3 is 14.2 Å². The highest BCUT2D eigenvalue weighted by Gasteiger charge is 2.18. The molecule has 0 aliphatic rings. The van der Waals surface area contributed by atoms with Crippen LogP contribution in [0.2, 0.25) is 5.02 Å². The first-order valence-corrected chi connectivity index (χ1v) is 7.27. The number of rotatable bonds is 7. The second-order valence-corrected chi connectivity index (χ2v) is 5.02. The lowest BCUT2D eigenvalue weighted by Gasteiger charge is -2.09. The Morgan fingerprint density at radius 2 is 1.79 bits per heavy atom. The van der Waals surface area contributed by atoms with Crippen LogP contribution in [0.1, 0.15) is 10.4 Å². The molecule has 0 atom stereocenters. The van der Waals surface area contributed by atoms with Crippen LogP contribution < -0.4 is 9.47 Å². The SMILES string of the molecule is COC(=O)c1ccc([N+](=O)[O-])c(OCCOc2ccc(Cl)cc2)c1. The van der Waals surface area contributed by atoms with Crippen LogP contribution in [0.5, 0.6) is 11.5 Å². The second-order valence-electron chi connectivity index (χ2n) is 4.58. The molecule has 0 N–H and O–H groups in total. The van der Waals surface area contributed by atoms with Crippen molar-refractivity contribution in [2.75, 3.05) is 20.3 Å². The fourth-order valence-corrected chi connectivity index (χ4v) is 1.99. The van der Waals surface area contributed by atoms with E-state index in [-0.39, 0.29) is 30.2 Å². The molecule has 0 saturated heterocycles. The fourth-order valence-electron chi connectivity index (χ4n) is 1.87. The van der Waals surface area contributed by atoms with Crippen LogP contribution in [0.15, 0.2) is 42.5 Å². The number of carbonyl (C=O) groups is 1. The van der Waals surface area contributed by atoms with Crippen LogP contribution >= 0.6 is 11.6 Å². The molecule has 24 heavy (non-hydrogen) atoms. The van der Waals surface area contributed by atoms with Crippen molar-refractivity contribution in [3.63, 3.8) is 0 Å². The molecule has 2 aromatic carbocycles. The summed E-state index contributed by atoms with van der Waals surface area (Å²) in [6.45, 7) is 0.231. The van der Waals surface area contributed by atoms with Crippen molar-refractivity contribution < 1.29 is 23.9 Å². The number of ether oxygens (including phenoxy) is 3. The maximum atomic E-state index is 11.5. The molecular formula is C16H14ClNO6. The summed E-state index contributed by atoms with van der Waals surface area (Å²) in [5, 5.41) is 11.6. The average molecular weight is 352 g/mol. The summed E-state index contributed by atoms with van der Waals surface area (Å²) in [5.74, 6) is -0.0319. The van der Waals surface area contributed by atoms with Gasteiger partial charge in [0.15, 0.2) is 5.75 Å². The van der Waals surface area contributed by atoms with Crippen LogP contribution in [-0.4, -0.2) is 31.2 Å². The molecule has 0 aliphatic carbocycles. The zero-order chi connectivity index (χ0) is 17.5. The highest BCUT2D eigenvalue weighted by molar-refractivity contribution is 6.30. The van der Waals surface area contributed by atoms with Crippen LogP contribution in [0.3, 0.4) is 0 Å². The van der Waals surface area contributed by atoms with E-state index in [4.69, 9.17) is 21.1 Å². The first-order chi connectivity index (χ1) is 11.5. The number of hydrogen-bond donors (Lipinski definition) is 0. The Labute approximate surface area is 142 Å². The van der Waals surface area contributed by atoms with Gasteiger partial charge in [-0.3, -0.25) is 10.1 Å². The highest BCUT2D eigenvalue weighted by atomic mass is 35.5. The van der Waals surface area contributed by atoms with E-state index in [9.17, 15) is 14.9 Å². The molecule has 0 amide bonds. The Bertz CT molecular complexity index is 732. The van der Waals surface area contributed by atoms with Gasteiger partial charge in [-0.25, -0.2) is 4.79 Å². The third kappa shape index (κ3) is 4.60. The summed E-state index contributed by atoms with van der Waals surface area (Å²) in [6.07, 6.45) is 0. The molecule has 0 heterocycles. The predicted molar refractivity (Wildman–Crippen MR) is 86.9 cm³/mol. The van der Waals surface area contributed by atoms with Gasteiger partial charge in [-0.15, -0.1) is 0 Å². The smallest absolute Gasteiger partial charge is 0.337 e. The minimum absolute atomic E-state index is 0.0254. The lowest BCUT2D eigenvalue weighted by molar-refractivity contribution is -0.385. The summed E-state index contributed by atoms with van der Waals surface area (Å²) in [7, 11) is 1.23. The highest BCUT2D eigenvalue weighted by Crippen LogP contribution is 2.28. The molecule has 0 aromatic heterocycles. The number of carbonyl (C=O) groups excluding carboxylic acids is 1. The summed E-state index contributed by atoms with van der Waals surface area (Å²) < 4.78 is 15.4. The molecule has 0 saturated carbocycles. The van der Waals surface area contributed by atoms with Crippen molar-refractivity contribution in [3.05, 3.63) is 63.2 Å². The van der Waals surface area contributed by atoms with E-state index in [0.717, 1.165) is 0 Å². The Morgan fingerprint density at radius 3 is 2.42 bits per heavy atom. The molecule has 7 nitrogen and oxygen atoms in total. The van der Waals surface area contributed by atoms with Crippen LogP contribution in [0, 0.1) is 10.1 Å². The molecule has 0 spiro atoms. The van der Waals surface area contributed by atoms with Gasteiger partial charge in [-0.2, -0.15) is 0 Å². The maximum Gasteiger partial charge on any atom is 0.337 e. The molecule has 0 bridgehead atoms. The molecule has 2 rings (SSSR count). The third-order valence-corrected chi connectivity index (χ3v) is 3.25. The molecule has 0 radical (unpaired) electrons. The zero-order valence-electron chi connectivity index (χ0n) is 12.7. The van der Waals surface area contributed by atoms with Crippen molar-refractivity contribution in [2.24, 2.45) is 0 Å². The van der Waals surface area contributed by atoms with Crippen LogP contribution in [-0.2, 0) is 4.74 Å². The lowest BCUT2D eigenvalue weighted by atomic mass is 10.2. The standard InChI is InChI=1S/C16H14ClNO6/c1-22-16(19)11-2-7-14(18(20)21)15(10-11)24-9-8-23-13-5-3-12(17)4-6-13/h2-7,10H,8-9H2,1H3. The zero-order valence-corrected chi connectivity index (χ0v) is 13.5. The number of nitro benzene ring substituents is 1. The van der Waals surface area contributed by atoms with Gasteiger partial charge in [0.2, 0.25) is 0 Å². The molecule has 8 heteroatoms. The van der Waals surface area contributed by atoms with E-state index < -0.39 is 10.9 Å². The van der Waals surface area contributed by atoms with Gasteiger partial charge >= 0.3 is 11.7 Å². The lowest BCUT2D eigenvalue weighted by Crippen LogP contribution is -2.11. The van der Waals surface area contributed by atoms with Crippen LogP contribution in [0.4, 0.5) is 5.69 Å². The average Bonchev–Trinajstić information content (AvgIpc) is 2.59. The molecule has 126 valence electrons. The first kappa shape index (κ1) is 17.6. The van der Waals surface area contributed by atoms with Gasteiger partial charge in [0.1, 0.15) is 19.0 Å². The van der Waals surface area contributed by atoms with Crippen molar-refractivity contribution >= 4 is 23.3 Å². The van der Waals surface area contributed by atoms with Gasteiger partial charge in [0.25, 0.3) is 0 Å². The summed E-state index contributed by atoms with van der Waals surface area (Å²) in [4.78, 5) is 21.9. The first-order valence-electron chi connectivity index (χ1n) is 6.89. The van der Waals surface area contributed by atoms with Gasteiger partial charge in [-0.05, 0) is 30.3 Å². The normalized spacial score (nSPS) is 10.1. The van der Waals surface area contributed by atoms with E-state index in [2.05, 4.69) is 4.74 Å². The van der Waals surface area contributed by atoms with E-state index in [0.29, 0.717) is 10.8 Å². The predicted octanol–water partition coefficient (Wildman–Crippen LogP) is 3.49. The number of esters is 1. The molecule has 0 aliphatic heterocycles. The number of benzene rings is 2. The minimum Gasteiger partial charge on any atom is -0.490 e. The quantitative estimate of drug-likeness (QED) is 0.328. The van der Waals surface area contributed by atoms with Crippen LogP contribution in [0.25, 0.3) is 0 Å². The fraction of sp³-hybridized carbons (Fsp3) is 0.188. The Kier molecular flexibility index (Phi) is 5.97. The summed E-state index contributed by atoms with van der Waals surface area (Å²) >= 11 is 5.77. The molecule has 2 aromatic rings. The monoisotopic (exact) mass is 351 g/mol. The molecule has 0 fully saturated rings. The van der Waals surface area contributed by atoms with Gasteiger partial charge in [-0.1, -0.05) is 11.6 Å². The topological polar surface area (TPSA) is 87.9 Å². The number of halogens is 1. The number of methoxy groups -OCH3 is 1. The molecular weight excluding hydrogens is 338 g/mol.